The van der Waals surface area contributed by atoms with Crippen LogP contribution in [-0.4, -0.2) is 18.2 Å². The Morgan fingerprint density at radius 2 is 1.92 bits per heavy atom. The van der Waals surface area contributed by atoms with E-state index in [-0.39, 0.29) is 12.5 Å². The van der Waals surface area contributed by atoms with Gasteiger partial charge in [0.05, 0.1) is 5.71 Å². The first-order valence-corrected chi connectivity index (χ1v) is 8.75. The van der Waals surface area contributed by atoms with Crippen LogP contribution in [0.5, 0.6) is 5.75 Å². The van der Waals surface area contributed by atoms with Crippen LogP contribution < -0.4 is 10.2 Å². The fourth-order valence-electron chi connectivity index (χ4n) is 3.02. The molecule has 0 aliphatic heterocycles. The highest BCUT2D eigenvalue weighted by molar-refractivity contribution is 6.32. The molecule has 2 aromatic rings. The minimum absolute atomic E-state index is 0.0844. The lowest BCUT2D eigenvalue weighted by molar-refractivity contribution is -0.123. The van der Waals surface area contributed by atoms with Gasteiger partial charge < -0.3 is 4.74 Å². The maximum Gasteiger partial charge on any atom is 0.277 e. The summed E-state index contributed by atoms with van der Waals surface area (Å²) >= 11 is 6.14. The zero-order chi connectivity index (χ0) is 17.8. The monoisotopic (exact) mass is 356 g/mol. The zero-order valence-electron chi connectivity index (χ0n) is 14.4. The third kappa shape index (κ3) is 4.20. The Morgan fingerprint density at radius 3 is 2.68 bits per heavy atom. The molecule has 0 heterocycles. The van der Waals surface area contributed by atoms with Gasteiger partial charge in [0, 0.05) is 10.6 Å². The van der Waals surface area contributed by atoms with E-state index in [1.54, 1.807) is 0 Å². The standard InChI is InChI=1S/C20H21ClN2O2/c1-13-10-16(11-14(2)20(13)21)25-12-19(24)23-22-18-9-5-7-15-6-3-4-8-17(15)18/h3-4,6,8,10-11H,5,7,9,12H2,1-2H3,(H,23,24). The van der Waals surface area contributed by atoms with Crippen molar-refractivity contribution in [3.8, 4) is 5.75 Å². The Morgan fingerprint density at radius 1 is 1.20 bits per heavy atom. The smallest absolute Gasteiger partial charge is 0.277 e. The molecule has 2 aromatic carbocycles. The molecule has 5 heteroatoms. The van der Waals surface area contributed by atoms with Crippen molar-refractivity contribution in [3.63, 3.8) is 0 Å². The summed E-state index contributed by atoms with van der Waals surface area (Å²) in [6, 6.07) is 11.8. The second-order valence-corrected chi connectivity index (χ2v) is 6.64. The van der Waals surface area contributed by atoms with Crippen LogP contribution in [0.2, 0.25) is 5.02 Å². The van der Waals surface area contributed by atoms with Gasteiger partial charge in [0.25, 0.3) is 5.91 Å². The Balaban J connectivity index is 1.61. The molecule has 1 amide bonds. The number of rotatable bonds is 4. The first-order valence-electron chi connectivity index (χ1n) is 8.38. The van der Waals surface area contributed by atoms with Crippen molar-refractivity contribution in [2.45, 2.75) is 33.1 Å². The largest absolute Gasteiger partial charge is 0.484 e. The predicted molar refractivity (Wildman–Crippen MR) is 100 cm³/mol. The molecule has 0 saturated heterocycles. The maximum atomic E-state index is 12.0. The van der Waals surface area contributed by atoms with Gasteiger partial charge in [-0.2, -0.15) is 5.10 Å². The molecule has 130 valence electrons. The fourth-order valence-corrected chi connectivity index (χ4v) is 3.13. The van der Waals surface area contributed by atoms with Gasteiger partial charge in [0.1, 0.15) is 5.75 Å². The molecule has 3 rings (SSSR count). The molecule has 0 atom stereocenters. The minimum Gasteiger partial charge on any atom is -0.484 e. The van der Waals surface area contributed by atoms with Crippen LogP contribution in [-0.2, 0) is 11.2 Å². The number of carbonyl (C=O) groups excluding carboxylic acids is 1. The van der Waals surface area contributed by atoms with Crippen molar-refractivity contribution in [2.24, 2.45) is 5.10 Å². The lowest BCUT2D eigenvalue weighted by atomic mass is 9.90. The van der Waals surface area contributed by atoms with E-state index in [0.29, 0.717) is 5.75 Å². The minimum atomic E-state index is -0.277. The van der Waals surface area contributed by atoms with Gasteiger partial charge in [-0.3, -0.25) is 4.79 Å². The number of nitrogens with zero attached hydrogens (tertiary/aromatic N) is 1. The van der Waals surface area contributed by atoms with Gasteiger partial charge in [0.15, 0.2) is 6.61 Å². The summed E-state index contributed by atoms with van der Waals surface area (Å²) < 4.78 is 5.55. The first-order chi connectivity index (χ1) is 12.0. The van der Waals surface area contributed by atoms with E-state index in [9.17, 15) is 4.79 Å². The molecule has 0 radical (unpaired) electrons. The Bertz CT molecular complexity index is 807. The summed E-state index contributed by atoms with van der Waals surface area (Å²) in [5.74, 6) is 0.353. The number of hydrogen-bond donors (Lipinski definition) is 1. The molecule has 0 unspecified atom stereocenters. The lowest BCUT2D eigenvalue weighted by Gasteiger charge is -2.17. The van der Waals surface area contributed by atoms with Gasteiger partial charge >= 0.3 is 0 Å². The number of aryl methyl sites for hydroxylation is 3. The van der Waals surface area contributed by atoms with E-state index < -0.39 is 0 Å². The van der Waals surface area contributed by atoms with Gasteiger partial charge in [-0.05, 0) is 61.9 Å². The molecule has 1 aliphatic rings. The number of hydrogen-bond acceptors (Lipinski definition) is 3. The third-order valence-corrected chi connectivity index (χ3v) is 4.88. The van der Waals surface area contributed by atoms with Gasteiger partial charge in [0.2, 0.25) is 0 Å². The number of nitrogens with one attached hydrogen (secondary N) is 1. The van der Waals surface area contributed by atoms with Crippen molar-refractivity contribution >= 4 is 23.2 Å². The highest BCUT2D eigenvalue weighted by Crippen LogP contribution is 2.25. The first kappa shape index (κ1) is 17.5. The van der Waals surface area contributed by atoms with Crippen molar-refractivity contribution in [2.75, 3.05) is 6.61 Å². The highest BCUT2D eigenvalue weighted by atomic mass is 35.5. The number of halogens is 1. The number of amides is 1. The van der Waals surface area contributed by atoms with E-state index in [1.807, 2.05) is 38.1 Å². The summed E-state index contributed by atoms with van der Waals surface area (Å²) in [5, 5.41) is 5.02. The van der Waals surface area contributed by atoms with Crippen LogP contribution in [0.4, 0.5) is 0 Å². The molecule has 1 aliphatic carbocycles. The van der Waals surface area contributed by atoms with Crippen LogP contribution in [0.25, 0.3) is 0 Å². The van der Waals surface area contributed by atoms with Gasteiger partial charge in [-0.15, -0.1) is 0 Å². The summed E-state index contributed by atoms with van der Waals surface area (Å²) in [6.45, 7) is 3.74. The molecule has 0 spiro atoms. The van der Waals surface area contributed by atoms with Crippen LogP contribution in [0, 0.1) is 13.8 Å². The molecule has 25 heavy (non-hydrogen) atoms. The molecule has 0 saturated carbocycles. The molecule has 0 aromatic heterocycles. The summed E-state index contributed by atoms with van der Waals surface area (Å²) in [7, 11) is 0. The van der Waals surface area contributed by atoms with E-state index in [4.69, 9.17) is 16.3 Å². The molecular formula is C20H21ClN2O2. The van der Waals surface area contributed by atoms with Gasteiger partial charge in [-0.1, -0.05) is 35.9 Å². The number of fused-ring (bicyclic) bond motifs is 1. The molecule has 0 fully saturated rings. The molecule has 0 bridgehead atoms. The highest BCUT2D eigenvalue weighted by Gasteiger charge is 2.15. The molecule has 1 N–H and O–H groups in total. The number of carbonyl (C=O) groups is 1. The zero-order valence-corrected chi connectivity index (χ0v) is 15.2. The average Bonchev–Trinajstić information content (AvgIpc) is 2.62. The van der Waals surface area contributed by atoms with Crippen molar-refractivity contribution in [1.82, 2.24) is 5.43 Å². The maximum absolute atomic E-state index is 12.0. The van der Waals surface area contributed by atoms with E-state index in [0.717, 1.165) is 46.7 Å². The third-order valence-electron chi connectivity index (χ3n) is 4.28. The Kier molecular flexibility index (Phi) is 5.39. The average molecular weight is 357 g/mol. The Labute approximate surface area is 152 Å². The Hall–Kier alpha value is -2.33. The SMILES string of the molecule is Cc1cc(OCC(=O)NN=C2CCCc3ccccc32)cc(C)c1Cl. The van der Waals surface area contributed by atoms with E-state index >= 15 is 0 Å². The van der Waals surface area contributed by atoms with Crippen LogP contribution in [0.3, 0.4) is 0 Å². The summed E-state index contributed by atoms with van der Waals surface area (Å²) in [4.78, 5) is 12.0. The number of hydrazone groups is 1. The summed E-state index contributed by atoms with van der Waals surface area (Å²) in [6.07, 6.45) is 2.97. The number of ether oxygens (including phenoxy) is 1. The fraction of sp³-hybridized carbons (Fsp3) is 0.300. The van der Waals surface area contributed by atoms with Crippen LogP contribution >= 0.6 is 11.6 Å². The van der Waals surface area contributed by atoms with Crippen LogP contribution in [0.15, 0.2) is 41.5 Å². The number of benzene rings is 2. The second kappa shape index (κ2) is 7.70. The second-order valence-electron chi connectivity index (χ2n) is 6.26. The lowest BCUT2D eigenvalue weighted by Crippen LogP contribution is -2.27. The topological polar surface area (TPSA) is 50.7 Å². The summed E-state index contributed by atoms with van der Waals surface area (Å²) in [5.41, 5.74) is 7.79. The quantitative estimate of drug-likeness (QED) is 0.835. The van der Waals surface area contributed by atoms with Gasteiger partial charge in [-0.25, -0.2) is 5.43 Å². The normalized spacial score (nSPS) is 14.9. The van der Waals surface area contributed by atoms with E-state index in [2.05, 4.69) is 22.7 Å². The van der Waals surface area contributed by atoms with Crippen molar-refractivity contribution < 1.29 is 9.53 Å². The molecule has 4 nitrogen and oxygen atoms in total. The van der Waals surface area contributed by atoms with E-state index in [1.165, 1.54) is 5.56 Å². The van der Waals surface area contributed by atoms with Crippen molar-refractivity contribution in [3.05, 3.63) is 63.7 Å². The predicted octanol–water partition coefficient (Wildman–Crippen LogP) is 4.19. The van der Waals surface area contributed by atoms with Crippen molar-refractivity contribution in [1.29, 1.82) is 0 Å². The van der Waals surface area contributed by atoms with Crippen LogP contribution in [0.1, 0.15) is 35.1 Å². The molecular weight excluding hydrogens is 336 g/mol.